The maximum Gasteiger partial charge on any atom is 0.199 e. The molecule has 0 radical (unpaired) electrons. The maximum atomic E-state index is 14.2. The summed E-state index contributed by atoms with van der Waals surface area (Å²) in [5.41, 5.74) is 3.99. The molecule has 33 heavy (non-hydrogen) atoms. The molecule has 0 spiro atoms. The Morgan fingerprint density at radius 2 is 1.85 bits per heavy atom. The molecule has 1 fully saturated rings. The van der Waals surface area contributed by atoms with Crippen molar-refractivity contribution in [1.29, 1.82) is 0 Å². The van der Waals surface area contributed by atoms with Crippen LogP contribution in [0, 0.1) is 0 Å². The molecule has 3 atom stereocenters. The van der Waals surface area contributed by atoms with Crippen LogP contribution in [0.15, 0.2) is 58.0 Å². The van der Waals surface area contributed by atoms with Gasteiger partial charge in [-0.3, -0.25) is 4.79 Å². The van der Waals surface area contributed by atoms with Crippen molar-refractivity contribution in [2.24, 2.45) is 4.99 Å². The van der Waals surface area contributed by atoms with E-state index in [0.717, 1.165) is 22.7 Å². The van der Waals surface area contributed by atoms with Crippen LogP contribution in [0.1, 0.15) is 40.2 Å². The lowest BCUT2D eigenvalue weighted by atomic mass is 9.87. The predicted octanol–water partition coefficient (Wildman–Crippen LogP) is 4.26. The van der Waals surface area contributed by atoms with Crippen molar-refractivity contribution in [3.8, 4) is 0 Å². The Balaban J connectivity index is 1.93. The first-order valence-corrected chi connectivity index (χ1v) is 14.7. The van der Waals surface area contributed by atoms with Crippen molar-refractivity contribution in [3.63, 3.8) is 0 Å². The largest absolute Gasteiger partial charge is 0.402 e. The fraction of sp³-hybridized carbons (Fsp3) is 0.538. The summed E-state index contributed by atoms with van der Waals surface area (Å²) in [5, 5.41) is 3.56. The van der Waals surface area contributed by atoms with Gasteiger partial charge >= 0.3 is 0 Å². The van der Waals surface area contributed by atoms with E-state index in [-0.39, 0.29) is 16.9 Å². The summed E-state index contributed by atoms with van der Waals surface area (Å²) in [6.45, 7) is 16.4. The summed E-state index contributed by atoms with van der Waals surface area (Å²) in [6.07, 6.45) is -0.720. The van der Waals surface area contributed by atoms with Gasteiger partial charge in [-0.15, -0.1) is 0 Å². The van der Waals surface area contributed by atoms with Gasteiger partial charge in [-0.1, -0.05) is 51.1 Å². The second kappa shape index (κ2) is 8.53. The number of carbonyl (C=O) groups excluding carboxylic acids is 1. The summed E-state index contributed by atoms with van der Waals surface area (Å²) >= 11 is 0. The first-order chi connectivity index (χ1) is 15.5. The van der Waals surface area contributed by atoms with Gasteiger partial charge in [0.1, 0.15) is 11.5 Å². The molecule has 0 bridgehead atoms. The summed E-state index contributed by atoms with van der Waals surface area (Å²) in [6, 6.07) is 10.5. The van der Waals surface area contributed by atoms with Crippen LogP contribution in [0.3, 0.4) is 0 Å². The third-order valence-corrected chi connectivity index (χ3v) is 12.1. The lowest BCUT2D eigenvalue weighted by Crippen LogP contribution is -2.51. The summed E-state index contributed by atoms with van der Waals surface area (Å²) in [4.78, 5) is 21.7. The fourth-order valence-electron chi connectivity index (χ4n) is 4.42. The molecule has 0 aromatic heterocycles. The molecule has 3 heterocycles. The van der Waals surface area contributed by atoms with Gasteiger partial charge in [-0.05, 0) is 43.1 Å². The number of allylic oxidation sites excluding steroid dienone is 1. The number of fused-ring (bicyclic) bond motifs is 2. The Labute approximate surface area is 198 Å². The minimum Gasteiger partial charge on any atom is -0.402 e. The minimum absolute atomic E-state index is 0.00289. The Kier molecular flexibility index (Phi) is 6.18. The second-order valence-corrected chi connectivity index (χ2v) is 15.7. The van der Waals surface area contributed by atoms with Crippen molar-refractivity contribution >= 4 is 19.8 Å². The molecular formula is C26H37N3O3Si. The Bertz CT molecular complexity index is 1040. The highest BCUT2D eigenvalue weighted by molar-refractivity contribution is 6.74. The molecule has 0 saturated carbocycles. The average molecular weight is 468 g/mol. The maximum absolute atomic E-state index is 14.2. The zero-order valence-electron chi connectivity index (χ0n) is 21.2. The van der Waals surface area contributed by atoms with Crippen LogP contribution in [0.25, 0.3) is 0 Å². The number of rotatable bonds is 5. The summed E-state index contributed by atoms with van der Waals surface area (Å²) < 4.78 is 12.3. The summed E-state index contributed by atoms with van der Waals surface area (Å²) in [5.74, 6) is 0.939. The van der Waals surface area contributed by atoms with Crippen LogP contribution in [0.4, 0.5) is 0 Å². The van der Waals surface area contributed by atoms with E-state index in [1.54, 1.807) is 7.11 Å². The lowest BCUT2D eigenvalue weighted by Gasteiger charge is -2.41. The quantitative estimate of drug-likeness (QED) is 0.656. The highest BCUT2D eigenvalue weighted by atomic mass is 28.4. The van der Waals surface area contributed by atoms with E-state index in [9.17, 15) is 4.79 Å². The number of ether oxygens (including phenoxy) is 1. The molecule has 1 N–H and O–H groups in total. The molecule has 1 saturated heterocycles. The number of hydrogen-bond acceptors (Lipinski definition) is 6. The molecule has 1 aromatic carbocycles. The highest BCUT2D eigenvalue weighted by Gasteiger charge is 2.48. The van der Waals surface area contributed by atoms with E-state index in [4.69, 9.17) is 14.2 Å². The van der Waals surface area contributed by atoms with Crippen LogP contribution in [0.5, 0.6) is 0 Å². The van der Waals surface area contributed by atoms with Gasteiger partial charge in [-0.25, -0.2) is 4.99 Å². The molecule has 0 amide bonds. The van der Waals surface area contributed by atoms with Crippen molar-refractivity contribution < 1.29 is 14.0 Å². The van der Waals surface area contributed by atoms with Gasteiger partial charge in [0.05, 0.1) is 17.9 Å². The zero-order valence-corrected chi connectivity index (χ0v) is 22.2. The molecule has 3 aliphatic heterocycles. The van der Waals surface area contributed by atoms with Crippen molar-refractivity contribution in [2.75, 3.05) is 20.3 Å². The van der Waals surface area contributed by atoms with Crippen molar-refractivity contribution in [3.05, 3.63) is 58.6 Å². The van der Waals surface area contributed by atoms with Gasteiger partial charge in [-0.2, -0.15) is 0 Å². The second-order valence-electron chi connectivity index (χ2n) is 10.9. The topological polar surface area (TPSA) is 63.2 Å². The summed E-state index contributed by atoms with van der Waals surface area (Å²) in [7, 11) is -0.575. The number of nitrogens with zero attached hydrogens (tertiary/aromatic N) is 2. The SMILES string of the molecule is COCC1=C2C(=O)[C@H](O[Si](C)(C)C(C)(C)C)C(c3ccccc3)=NC2=C2N[C@H](C)[C@@H](C)N2C1. The van der Waals surface area contributed by atoms with Crippen molar-refractivity contribution in [1.82, 2.24) is 10.2 Å². The van der Waals surface area contributed by atoms with E-state index in [1.165, 1.54) is 0 Å². The van der Waals surface area contributed by atoms with E-state index >= 15 is 0 Å². The van der Waals surface area contributed by atoms with E-state index in [2.05, 4.69) is 57.9 Å². The number of methoxy groups -OCH3 is 1. The Hall–Kier alpha value is -2.22. The number of ketones is 1. The minimum atomic E-state index is -2.25. The smallest absolute Gasteiger partial charge is 0.199 e. The average Bonchev–Trinajstić information content (AvgIpc) is 3.03. The number of nitrogens with one attached hydrogen (secondary N) is 1. The van der Waals surface area contributed by atoms with Gasteiger partial charge in [0, 0.05) is 25.7 Å². The molecule has 0 aliphatic carbocycles. The van der Waals surface area contributed by atoms with Crippen LogP contribution in [-0.4, -0.2) is 63.2 Å². The van der Waals surface area contributed by atoms with Crippen LogP contribution in [0.2, 0.25) is 18.1 Å². The first-order valence-electron chi connectivity index (χ1n) is 11.8. The third-order valence-electron chi connectivity index (χ3n) is 7.61. The molecule has 7 heteroatoms. The third kappa shape index (κ3) is 4.11. The predicted molar refractivity (Wildman–Crippen MR) is 135 cm³/mol. The van der Waals surface area contributed by atoms with Crippen LogP contribution in [-0.2, 0) is 14.0 Å². The molecule has 178 valence electrons. The van der Waals surface area contributed by atoms with E-state index < -0.39 is 14.4 Å². The Morgan fingerprint density at radius 1 is 1.18 bits per heavy atom. The van der Waals surface area contributed by atoms with E-state index in [0.29, 0.717) is 30.5 Å². The van der Waals surface area contributed by atoms with Crippen LogP contribution >= 0.6 is 0 Å². The molecule has 1 aromatic rings. The van der Waals surface area contributed by atoms with Gasteiger partial charge in [0.2, 0.25) is 0 Å². The number of Topliss-reactive ketones (excluding diaryl/α,β-unsaturated/α-hetero) is 1. The van der Waals surface area contributed by atoms with E-state index in [1.807, 2.05) is 30.3 Å². The highest BCUT2D eigenvalue weighted by Crippen LogP contribution is 2.42. The Morgan fingerprint density at radius 3 is 2.45 bits per heavy atom. The number of aliphatic imine (C=N–C) groups is 1. The molecule has 0 unspecified atom stereocenters. The van der Waals surface area contributed by atoms with Gasteiger partial charge in [0.25, 0.3) is 0 Å². The van der Waals surface area contributed by atoms with Crippen molar-refractivity contribution in [2.45, 2.75) is 70.9 Å². The van der Waals surface area contributed by atoms with Crippen LogP contribution < -0.4 is 5.32 Å². The van der Waals surface area contributed by atoms with Gasteiger partial charge < -0.3 is 19.4 Å². The monoisotopic (exact) mass is 467 g/mol. The molecule has 4 rings (SSSR count). The molecular weight excluding hydrogens is 430 g/mol. The standard InChI is InChI=1S/C26H37N3O3Si/c1-16-17(2)29-14-19(15-31-6)20-22(25(29)27-16)28-21(18-12-10-9-11-13-18)24(23(20)30)32-33(7,8)26(3,4)5/h9-13,16-17,24,27H,14-15H2,1-8H3/t16-,17-,24-/m1/s1. The lowest BCUT2D eigenvalue weighted by molar-refractivity contribution is -0.120. The number of hydrogen-bond donors (Lipinski definition) is 1. The zero-order chi connectivity index (χ0) is 24.1. The number of benzene rings is 1. The fourth-order valence-corrected chi connectivity index (χ4v) is 5.58. The van der Waals surface area contributed by atoms with Gasteiger partial charge in [0.15, 0.2) is 20.2 Å². The molecule has 6 nitrogen and oxygen atoms in total. The first kappa shape index (κ1) is 23.9. The number of carbonyl (C=O) groups is 1. The normalized spacial score (nSPS) is 25.7. The molecule has 3 aliphatic rings.